The summed E-state index contributed by atoms with van der Waals surface area (Å²) in [6.45, 7) is 8.08. The first kappa shape index (κ1) is 16.8. The molecule has 0 N–H and O–H groups in total. The normalized spacial score (nSPS) is 15.5. The molecule has 1 aliphatic rings. The summed E-state index contributed by atoms with van der Waals surface area (Å²) in [6.07, 6.45) is 0. The van der Waals surface area contributed by atoms with Crippen LogP contribution in [-0.2, 0) is 11.3 Å². The van der Waals surface area contributed by atoms with Crippen LogP contribution in [0.3, 0.4) is 0 Å². The van der Waals surface area contributed by atoms with Crippen molar-refractivity contribution in [1.29, 1.82) is 0 Å². The fourth-order valence-corrected chi connectivity index (χ4v) is 2.99. The van der Waals surface area contributed by atoms with E-state index in [1.165, 1.54) is 0 Å². The van der Waals surface area contributed by atoms with E-state index in [1.807, 2.05) is 26.0 Å². The minimum absolute atomic E-state index is 0.582. The summed E-state index contributed by atoms with van der Waals surface area (Å²) < 4.78 is 22.2. The topological polar surface area (TPSA) is 57.0 Å². The molecular weight excluding hydrogens is 308 g/mol. The van der Waals surface area contributed by atoms with Crippen molar-refractivity contribution in [3.63, 3.8) is 0 Å². The van der Waals surface area contributed by atoms with Gasteiger partial charge in [-0.15, -0.1) is 0 Å². The van der Waals surface area contributed by atoms with Gasteiger partial charge in [-0.3, -0.25) is 4.90 Å². The van der Waals surface area contributed by atoms with Gasteiger partial charge in [0.25, 0.3) is 0 Å². The molecule has 1 aliphatic heterocycles. The highest BCUT2D eigenvalue weighted by Gasteiger charge is 2.20. The summed E-state index contributed by atoms with van der Waals surface area (Å²) in [5, 5.41) is 0. The van der Waals surface area contributed by atoms with E-state index in [4.69, 9.17) is 23.6 Å². The number of hydrogen-bond acceptors (Lipinski definition) is 6. The van der Waals surface area contributed by atoms with Gasteiger partial charge >= 0.3 is 0 Å². The molecule has 0 saturated carbocycles. The van der Waals surface area contributed by atoms with Crippen molar-refractivity contribution < 1.29 is 18.6 Å². The minimum atomic E-state index is 0.582. The van der Waals surface area contributed by atoms with E-state index in [-0.39, 0.29) is 0 Å². The molecule has 0 unspecified atom stereocenters. The Balaban J connectivity index is 1.90. The maximum Gasteiger partial charge on any atom is 0.230 e. The zero-order valence-corrected chi connectivity index (χ0v) is 14.7. The molecule has 0 bridgehead atoms. The first-order chi connectivity index (χ1) is 11.6. The number of methoxy groups -OCH3 is 2. The molecule has 1 aromatic heterocycles. The number of benzene rings is 1. The van der Waals surface area contributed by atoms with Crippen molar-refractivity contribution >= 4 is 0 Å². The summed E-state index contributed by atoms with van der Waals surface area (Å²) in [7, 11) is 3.30. The predicted molar refractivity (Wildman–Crippen MR) is 90.6 cm³/mol. The average molecular weight is 332 g/mol. The second kappa shape index (κ2) is 7.23. The lowest BCUT2D eigenvalue weighted by molar-refractivity contribution is 0.0335. The van der Waals surface area contributed by atoms with Gasteiger partial charge in [-0.25, -0.2) is 4.98 Å². The number of rotatable bonds is 5. The molecular formula is C18H24N2O4. The van der Waals surface area contributed by atoms with E-state index >= 15 is 0 Å². The molecule has 0 spiro atoms. The van der Waals surface area contributed by atoms with Gasteiger partial charge in [-0.05, 0) is 26.0 Å². The van der Waals surface area contributed by atoms with E-state index in [2.05, 4.69) is 4.90 Å². The Morgan fingerprint density at radius 3 is 2.54 bits per heavy atom. The number of nitrogens with zero attached hydrogens (tertiary/aromatic N) is 2. The standard InChI is InChI=1S/C18H24N2O4/c1-12-16(21-3)6-5-14(17(12)22-4)18-19-15(13(2)24-18)11-20-7-9-23-10-8-20/h5-6H,7-11H2,1-4H3. The smallest absolute Gasteiger partial charge is 0.230 e. The highest BCUT2D eigenvalue weighted by molar-refractivity contribution is 5.68. The van der Waals surface area contributed by atoms with Gasteiger partial charge in [0, 0.05) is 25.2 Å². The number of oxazole rings is 1. The van der Waals surface area contributed by atoms with Crippen LogP contribution in [-0.4, -0.2) is 50.4 Å². The highest BCUT2D eigenvalue weighted by atomic mass is 16.5. The van der Waals surface area contributed by atoms with Gasteiger partial charge in [0.2, 0.25) is 5.89 Å². The van der Waals surface area contributed by atoms with Crippen LogP contribution in [0.25, 0.3) is 11.5 Å². The monoisotopic (exact) mass is 332 g/mol. The van der Waals surface area contributed by atoms with Crippen LogP contribution in [0.5, 0.6) is 11.5 Å². The van der Waals surface area contributed by atoms with Gasteiger partial charge in [-0.1, -0.05) is 0 Å². The second-order valence-electron chi connectivity index (χ2n) is 5.88. The molecule has 1 aromatic carbocycles. The summed E-state index contributed by atoms with van der Waals surface area (Å²) >= 11 is 0. The van der Waals surface area contributed by atoms with Crippen molar-refractivity contribution in [2.45, 2.75) is 20.4 Å². The maximum absolute atomic E-state index is 5.92. The lowest BCUT2D eigenvalue weighted by atomic mass is 10.1. The number of morpholine rings is 1. The Kier molecular flexibility index (Phi) is 5.06. The van der Waals surface area contributed by atoms with Crippen molar-refractivity contribution in [3.05, 3.63) is 29.2 Å². The van der Waals surface area contributed by atoms with Crippen LogP contribution in [0, 0.1) is 13.8 Å². The molecule has 6 heteroatoms. The second-order valence-corrected chi connectivity index (χ2v) is 5.88. The van der Waals surface area contributed by atoms with E-state index < -0.39 is 0 Å². The Morgan fingerprint density at radius 2 is 1.88 bits per heavy atom. The highest BCUT2D eigenvalue weighted by Crippen LogP contribution is 2.38. The fourth-order valence-electron chi connectivity index (χ4n) is 2.99. The molecule has 1 fully saturated rings. The van der Waals surface area contributed by atoms with Gasteiger partial charge in [-0.2, -0.15) is 0 Å². The fraction of sp³-hybridized carbons (Fsp3) is 0.500. The predicted octanol–water partition coefficient (Wildman–Crippen LogP) is 2.81. The summed E-state index contributed by atoms with van der Waals surface area (Å²) in [5.41, 5.74) is 2.73. The van der Waals surface area contributed by atoms with Crippen molar-refractivity contribution in [2.24, 2.45) is 0 Å². The molecule has 2 aromatic rings. The number of ether oxygens (including phenoxy) is 3. The summed E-state index contributed by atoms with van der Waals surface area (Å²) in [5.74, 6) is 2.94. The molecule has 130 valence electrons. The summed E-state index contributed by atoms with van der Waals surface area (Å²) in [6, 6.07) is 3.84. The molecule has 6 nitrogen and oxygen atoms in total. The number of aromatic nitrogens is 1. The van der Waals surface area contributed by atoms with Crippen molar-refractivity contribution in [1.82, 2.24) is 9.88 Å². The molecule has 0 atom stereocenters. The van der Waals surface area contributed by atoms with Crippen LogP contribution in [0.1, 0.15) is 17.0 Å². The van der Waals surface area contributed by atoms with Gasteiger partial charge in [0.1, 0.15) is 17.3 Å². The first-order valence-electron chi connectivity index (χ1n) is 8.12. The molecule has 1 saturated heterocycles. The van der Waals surface area contributed by atoms with Gasteiger partial charge in [0.15, 0.2) is 0 Å². The minimum Gasteiger partial charge on any atom is -0.496 e. The Hall–Kier alpha value is -2.05. The lowest BCUT2D eigenvalue weighted by Crippen LogP contribution is -2.35. The van der Waals surface area contributed by atoms with Gasteiger partial charge < -0.3 is 18.6 Å². The quantitative estimate of drug-likeness (QED) is 0.839. The average Bonchev–Trinajstić information content (AvgIpc) is 2.96. The third kappa shape index (κ3) is 3.25. The van der Waals surface area contributed by atoms with Crippen LogP contribution in [0.4, 0.5) is 0 Å². The molecule has 24 heavy (non-hydrogen) atoms. The van der Waals surface area contributed by atoms with E-state index in [1.54, 1.807) is 14.2 Å². The molecule has 0 aliphatic carbocycles. The molecule has 0 radical (unpaired) electrons. The third-order valence-corrected chi connectivity index (χ3v) is 4.38. The number of hydrogen-bond donors (Lipinski definition) is 0. The van der Waals surface area contributed by atoms with E-state index in [9.17, 15) is 0 Å². The largest absolute Gasteiger partial charge is 0.496 e. The summed E-state index contributed by atoms with van der Waals surface area (Å²) in [4.78, 5) is 7.04. The van der Waals surface area contributed by atoms with E-state index in [0.29, 0.717) is 5.89 Å². The zero-order valence-electron chi connectivity index (χ0n) is 14.7. The first-order valence-corrected chi connectivity index (χ1v) is 8.12. The van der Waals surface area contributed by atoms with E-state index in [0.717, 1.165) is 66.9 Å². The zero-order chi connectivity index (χ0) is 17.1. The third-order valence-electron chi connectivity index (χ3n) is 4.38. The Morgan fingerprint density at radius 1 is 1.12 bits per heavy atom. The van der Waals surface area contributed by atoms with Crippen molar-refractivity contribution in [2.75, 3.05) is 40.5 Å². The number of aryl methyl sites for hydroxylation is 1. The van der Waals surface area contributed by atoms with Gasteiger partial charge in [0.05, 0.1) is 38.7 Å². The molecule has 0 amide bonds. The van der Waals surface area contributed by atoms with Crippen LogP contribution in [0.15, 0.2) is 16.5 Å². The van der Waals surface area contributed by atoms with Crippen LogP contribution in [0.2, 0.25) is 0 Å². The van der Waals surface area contributed by atoms with Crippen LogP contribution >= 0.6 is 0 Å². The molecule has 2 heterocycles. The van der Waals surface area contributed by atoms with Crippen LogP contribution < -0.4 is 9.47 Å². The Labute approximate surface area is 142 Å². The maximum atomic E-state index is 5.92. The molecule has 3 rings (SSSR count). The SMILES string of the molecule is COc1ccc(-c2nc(CN3CCOCC3)c(C)o2)c(OC)c1C. The van der Waals surface area contributed by atoms with Crippen molar-refractivity contribution in [3.8, 4) is 23.0 Å². The Bertz CT molecular complexity index is 705. The lowest BCUT2D eigenvalue weighted by Gasteiger charge is -2.25.